The number of ether oxygens (including phenoxy) is 1. The molecule has 2 heterocycles. The molecule has 1 aliphatic rings. The van der Waals surface area contributed by atoms with Crippen LogP contribution in [-0.4, -0.2) is 59.3 Å². The van der Waals surface area contributed by atoms with Crippen LogP contribution in [-0.2, 0) is 13.1 Å². The van der Waals surface area contributed by atoms with Crippen LogP contribution in [0.3, 0.4) is 0 Å². The summed E-state index contributed by atoms with van der Waals surface area (Å²) in [5.41, 5.74) is 5.48. The molecule has 8 heteroatoms. The van der Waals surface area contributed by atoms with Crippen LogP contribution in [0.5, 0.6) is 5.75 Å². The minimum Gasteiger partial charge on any atom is -0.491 e. The van der Waals surface area contributed by atoms with Gasteiger partial charge in [-0.15, -0.1) is 0 Å². The highest BCUT2D eigenvalue weighted by atomic mass is 35.5. The Hall–Kier alpha value is -1.67. The smallest absolute Gasteiger partial charge is 0.240 e. The fourth-order valence-corrected chi connectivity index (χ4v) is 2.85. The van der Waals surface area contributed by atoms with Crippen molar-refractivity contribution in [1.29, 1.82) is 0 Å². The number of nitrogens with zero attached hydrogens (tertiary/aromatic N) is 4. The number of aromatic nitrogens is 2. The molecule has 1 aromatic heterocycles. The van der Waals surface area contributed by atoms with Crippen molar-refractivity contribution in [3.05, 3.63) is 41.0 Å². The van der Waals surface area contributed by atoms with E-state index in [1.165, 1.54) is 0 Å². The Morgan fingerprint density at radius 2 is 1.92 bits per heavy atom. The van der Waals surface area contributed by atoms with Crippen LogP contribution in [0.15, 0.2) is 28.8 Å². The number of para-hydroxylation sites is 1. The molecule has 0 spiro atoms. The van der Waals surface area contributed by atoms with Gasteiger partial charge in [-0.2, -0.15) is 4.98 Å². The van der Waals surface area contributed by atoms with Gasteiger partial charge < -0.3 is 15.0 Å². The van der Waals surface area contributed by atoms with E-state index in [1.54, 1.807) is 0 Å². The van der Waals surface area contributed by atoms with Crippen LogP contribution in [0.4, 0.5) is 0 Å². The largest absolute Gasteiger partial charge is 0.491 e. The third-order valence-electron chi connectivity index (χ3n) is 4.02. The Morgan fingerprint density at radius 1 is 1.17 bits per heavy atom. The van der Waals surface area contributed by atoms with Crippen LogP contribution < -0.4 is 10.5 Å². The van der Waals surface area contributed by atoms with Crippen LogP contribution in [0.2, 0.25) is 5.02 Å². The highest BCUT2D eigenvalue weighted by molar-refractivity contribution is 6.32. The third kappa shape index (κ3) is 4.67. The van der Waals surface area contributed by atoms with Gasteiger partial charge in [-0.1, -0.05) is 28.9 Å². The van der Waals surface area contributed by atoms with Crippen molar-refractivity contribution in [2.75, 3.05) is 39.3 Å². The highest BCUT2D eigenvalue weighted by Crippen LogP contribution is 2.22. The molecular formula is C16H22ClN5O2. The molecule has 1 aliphatic heterocycles. The van der Waals surface area contributed by atoms with Crippen LogP contribution in [0.1, 0.15) is 11.7 Å². The second-order valence-electron chi connectivity index (χ2n) is 5.71. The van der Waals surface area contributed by atoms with Gasteiger partial charge in [0.15, 0.2) is 5.82 Å². The molecule has 0 saturated carbocycles. The standard InChI is InChI=1S/C16H22ClN5O2/c17-13-3-1-2-4-14(13)23-10-9-21-5-7-22(8-6-21)12-15-19-16(11-18)24-20-15/h1-4H,5-12,18H2. The second-order valence-corrected chi connectivity index (χ2v) is 6.11. The van der Waals surface area contributed by atoms with Gasteiger partial charge in [0.2, 0.25) is 5.89 Å². The van der Waals surface area contributed by atoms with Crippen LogP contribution in [0.25, 0.3) is 0 Å². The zero-order valence-corrected chi connectivity index (χ0v) is 14.3. The normalized spacial score (nSPS) is 16.4. The van der Waals surface area contributed by atoms with E-state index in [0.29, 0.717) is 29.9 Å². The first-order chi connectivity index (χ1) is 11.7. The third-order valence-corrected chi connectivity index (χ3v) is 4.33. The van der Waals surface area contributed by atoms with Crippen molar-refractivity contribution in [2.24, 2.45) is 5.73 Å². The van der Waals surface area contributed by atoms with E-state index >= 15 is 0 Å². The fraction of sp³-hybridized carbons (Fsp3) is 0.500. The molecule has 0 unspecified atom stereocenters. The molecule has 0 aliphatic carbocycles. The lowest BCUT2D eigenvalue weighted by atomic mass is 10.3. The van der Waals surface area contributed by atoms with Gasteiger partial charge in [0, 0.05) is 32.7 Å². The maximum Gasteiger partial charge on any atom is 0.240 e. The topological polar surface area (TPSA) is 80.7 Å². The Bertz CT molecular complexity index is 643. The first kappa shape index (κ1) is 17.2. The van der Waals surface area contributed by atoms with E-state index in [1.807, 2.05) is 24.3 Å². The molecule has 1 saturated heterocycles. The monoisotopic (exact) mass is 351 g/mol. The van der Waals surface area contributed by atoms with Gasteiger partial charge in [0.05, 0.1) is 18.1 Å². The van der Waals surface area contributed by atoms with E-state index in [9.17, 15) is 0 Å². The summed E-state index contributed by atoms with van der Waals surface area (Å²) in [6, 6.07) is 7.55. The number of hydrogen-bond acceptors (Lipinski definition) is 7. The minimum atomic E-state index is 0.284. The summed E-state index contributed by atoms with van der Waals surface area (Å²) in [7, 11) is 0. The fourth-order valence-electron chi connectivity index (χ4n) is 2.65. The van der Waals surface area contributed by atoms with E-state index in [2.05, 4.69) is 19.9 Å². The van der Waals surface area contributed by atoms with Gasteiger partial charge in [-0.25, -0.2) is 0 Å². The molecule has 24 heavy (non-hydrogen) atoms. The van der Waals surface area contributed by atoms with Gasteiger partial charge in [0.25, 0.3) is 0 Å². The highest BCUT2D eigenvalue weighted by Gasteiger charge is 2.18. The minimum absolute atomic E-state index is 0.284. The lowest BCUT2D eigenvalue weighted by Crippen LogP contribution is -2.47. The van der Waals surface area contributed by atoms with Gasteiger partial charge >= 0.3 is 0 Å². The van der Waals surface area contributed by atoms with E-state index in [0.717, 1.165) is 38.5 Å². The molecule has 0 amide bonds. The van der Waals surface area contributed by atoms with E-state index in [-0.39, 0.29) is 6.54 Å². The molecule has 0 bridgehead atoms. The molecule has 0 radical (unpaired) electrons. The SMILES string of the molecule is NCc1nc(CN2CCN(CCOc3ccccc3Cl)CC2)no1. The molecule has 2 N–H and O–H groups in total. The lowest BCUT2D eigenvalue weighted by molar-refractivity contribution is 0.110. The number of benzene rings is 1. The molecule has 2 aromatic rings. The number of piperazine rings is 1. The summed E-state index contributed by atoms with van der Waals surface area (Å²) in [6.07, 6.45) is 0. The quantitative estimate of drug-likeness (QED) is 0.807. The first-order valence-electron chi connectivity index (χ1n) is 8.08. The summed E-state index contributed by atoms with van der Waals surface area (Å²) in [4.78, 5) is 8.94. The summed E-state index contributed by atoms with van der Waals surface area (Å²) in [5, 5.41) is 4.59. The molecular weight excluding hydrogens is 330 g/mol. The van der Waals surface area contributed by atoms with E-state index in [4.69, 9.17) is 26.6 Å². The summed E-state index contributed by atoms with van der Waals surface area (Å²) < 4.78 is 10.8. The van der Waals surface area contributed by atoms with Crippen molar-refractivity contribution in [2.45, 2.75) is 13.1 Å². The van der Waals surface area contributed by atoms with Crippen molar-refractivity contribution < 1.29 is 9.26 Å². The zero-order chi connectivity index (χ0) is 16.8. The predicted octanol–water partition coefficient (Wildman–Crippen LogP) is 1.38. The number of hydrogen-bond donors (Lipinski definition) is 1. The van der Waals surface area contributed by atoms with Crippen LogP contribution in [0, 0.1) is 0 Å². The van der Waals surface area contributed by atoms with Crippen molar-refractivity contribution in [3.63, 3.8) is 0 Å². The molecule has 7 nitrogen and oxygen atoms in total. The second kappa shape index (κ2) is 8.43. The van der Waals surface area contributed by atoms with Gasteiger partial charge in [-0.3, -0.25) is 9.80 Å². The average molecular weight is 352 g/mol. The van der Waals surface area contributed by atoms with Crippen molar-refractivity contribution in [3.8, 4) is 5.75 Å². The Kier molecular flexibility index (Phi) is 6.03. The number of halogens is 1. The predicted molar refractivity (Wildman–Crippen MR) is 90.9 cm³/mol. The lowest BCUT2D eigenvalue weighted by Gasteiger charge is -2.33. The number of nitrogens with two attached hydrogens (primary N) is 1. The summed E-state index contributed by atoms with van der Waals surface area (Å²) in [6.45, 7) is 6.44. The molecule has 0 atom stereocenters. The van der Waals surface area contributed by atoms with E-state index < -0.39 is 0 Å². The number of rotatable bonds is 7. The molecule has 1 fully saturated rings. The first-order valence-corrected chi connectivity index (χ1v) is 8.46. The maximum absolute atomic E-state index is 6.08. The zero-order valence-electron chi connectivity index (χ0n) is 13.5. The average Bonchev–Trinajstić information content (AvgIpc) is 3.06. The molecule has 1 aromatic carbocycles. The van der Waals surface area contributed by atoms with Crippen molar-refractivity contribution >= 4 is 11.6 Å². The molecule has 3 rings (SSSR count). The van der Waals surface area contributed by atoms with Gasteiger partial charge in [0.1, 0.15) is 12.4 Å². The maximum atomic E-state index is 6.08. The summed E-state index contributed by atoms with van der Waals surface area (Å²) >= 11 is 6.08. The Labute approximate surface area is 146 Å². The Morgan fingerprint density at radius 3 is 2.62 bits per heavy atom. The summed E-state index contributed by atoms with van der Waals surface area (Å²) in [5.74, 6) is 1.93. The van der Waals surface area contributed by atoms with Gasteiger partial charge in [-0.05, 0) is 12.1 Å². The Balaban J connectivity index is 1.37. The molecule has 130 valence electrons. The van der Waals surface area contributed by atoms with Crippen LogP contribution >= 0.6 is 11.6 Å². The van der Waals surface area contributed by atoms with Crippen molar-refractivity contribution in [1.82, 2.24) is 19.9 Å².